The summed E-state index contributed by atoms with van der Waals surface area (Å²) in [5, 5.41) is 9.44. The number of nitrogens with zero attached hydrogens (tertiary/aromatic N) is 1. The van der Waals surface area contributed by atoms with Gasteiger partial charge in [-0.15, -0.1) is 0 Å². The zero-order valence-corrected chi connectivity index (χ0v) is 7.53. The van der Waals surface area contributed by atoms with Crippen LogP contribution >= 0.6 is 0 Å². The van der Waals surface area contributed by atoms with Gasteiger partial charge in [0.1, 0.15) is 11.3 Å². The number of carboxylic acids is 1. The fourth-order valence-corrected chi connectivity index (χ4v) is 1.36. The van der Waals surface area contributed by atoms with E-state index in [9.17, 15) is 4.79 Å². The lowest BCUT2D eigenvalue weighted by molar-refractivity contribution is 0.0692. The smallest absolute Gasteiger partial charge is 0.354 e. The average Bonchev–Trinajstić information content (AvgIpc) is 2.43. The Bertz CT molecular complexity index is 516. The van der Waals surface area contributed by atoms with Gasteiger partial charge in [0, 0.05) is 11.1 Å². The van der Waals surface area contributed by atoms with Crippen molar-refractivity contribution in [1.29, 1.82) is 0 Å². The molecular weight excluding hydrogens is 182 g/mol. The largest absolute Gasteiger partial charge is 0.477 e. The van der Waals surface area contributed by atoms with E-state index < -0.39 is 5.97 Å². The lowest BCUT2D eigenvalue weighted by Crippen LogP contribution is -2.00. The third kappa shape index (κ3) is 1.10. The summed E-state index contributed by atoms with van der Waals surface area (Å²) in [5.41, 5.74) is 7.20. The van der Waals surface area contributed by atoms with Crippen molar-refractivity contribution >= 4 is 22.7 Å². The number of pyridine rings is 1. The molecule has 0 atom stereocenters. The second kappa shape index (κ2) is 2.73. The number of aromatic nitrogens is 2. The highest BCUT2D eigenvalue weighted by atomic mass is 16.4. The maximum Gasteiger partial charge on any atom is 0.354 e. The standard InChI is InChI=1S/C9H9N3O2/c1-4-2-3-5-6(10)7(9(13)14)12-8(5)11-4/h2-3H,10H2,1H3,(H,11,12)(H,13,14). The predicted molar refractivity (Wildman–Crippen MR) is 52.2 cm³/mol. The topological polar surface area (TPSA) is 92.0 Å². The zero-order chi connectivity index (χ0) is 10.3. The SMILES string of the molecule is Cc1ccc2c(N)c(C(=O)O)[nH]c2n1. The highest BCUT2D eigenvalue weighted by Gasteiger charge is 2.14. The van der Waals surface area contributed by atoms with E-state index in [0.717, 1.165) is 5.69 Å². The summed E-state index contributed by atoms with van der Waals surface area (Å²) < 4.78 is 0. The van der Waals surface area contributed by atoms with E-state index in [4.69, 9.17) is 10.8 Å². The molecule has 4 N–H and O–H groups in total. The number of rotatable bonds is 1. The van der Waals surface area contributed by atoms with E-state index in [1.165, 1.54) is 0 Å². The Kier molecular flexibility index (Phi) is 1.67. The molecule has 2 aromatic rings. The van der Waals surface area contributed by atoms with Gasteiger partial charge in [0.15, 0.2) is 0 Å². The molecule has 0 saturated carbocycles. The number of aromatic carboxylic acids is 1. The van der Waals surface area contributed by atoms with Gasteiger partial charge in [-0.1, -0.05) is 0 Å². The minimum absolute atomic E-state index is 0.00176. The highest BCUT2D eigenvalue weighted by Crippen LogP contribution is 2.23. The fourth-order valence-electron chi connectivity index (χ4n) is 1.36. The second-order valence-corrected chi connectivity index (χ2v) is 3.07. The number of nitrogen functional groups attached to an aromatic ring is 1. The third-order valence-corrected chi connectivity index (χ3v) is 2.05. The molecule has 0 aromatic carbocycles. The fraction of sp³-hybridized carbons (Fsp3) is 0.111. The van der Waals surface area contributed by atoms with Crippen LogP contribution in [0.4, 0.5) is 5.69 Å². The first kappa shape index (κ1) is 8.55. The molecule has 0 radical (unpaired) electrons. The normalized spacial score (nSPS) is 10.6. The lowest BCUT2D eigenvalue weighted by atomic mass is 10.2. The number of nitrogens with two attached hydrogens (primary N) is 1. The minimum Gasteiger partial charge on any atom is -0.477 e. The summed E-state index contributed by atoms with van der Waals surface area (Å²) in [5.74, 6) is -1.07. The number of hydrogen-bond acceptors (Lipinski definition) is 3. The number of aromatic amines is 1. The van der Waals surface area contributed by atoms with Gasteiger partial charge in [-0.05, 0) is 19.1 Å². The second-order valence-electron chi connectivity index (χ2n) is 3.07. The molecule has 2 rings (SSSR count). The maximum atomic E-state index is 10.7. The average molecular weight is 191 g/mol. The molecule has 2 heterocycles. The molecule has 0 fully saturated rings. The maximum absolute atomic E-state index is 10.7. The van der Waals surface area contributed by atoms with Crippen LogP contribution in [0.5, 0.6) is 0 Å². The molecule has 72 valence electrons. The van der Waals surface area contributed by atoms with Crippen LogP contribution in [-0.4, -0.2) is 21.0 Å². The van der Waals surface area contributed by atoms with Crippen LogP contribution in [-0.2, 0) is 0 Å². The Hall–Kier alpha value is -2.04. The van der Waals surface area contributed by atoms with Crippen molar-refractivity contribution in [3.8, 4) is 0 Å². The predicted octanol–water partition coefficient (Wildman–Crippen LogP) is 1.15. The Morgan fingerprint density at radius 1 is 1.57 bits per heavy atom. The molecule has 0 bridgehead atoms. The first-order chi connectivity index (χ1) is 6.59. The van der Waals surface area contributed by atoms with E-state index in [0.29, 0.717) is 11.0 Å². The first-order valence-electron chi connectivity index (χ1n) is 4.07. The van der Waals surface area contributed by atoms with E-state index in [2.05, 4.69) is 9.97 Å². The summed E-state index contributed by atoms with van der Waals surface area (Å²) in [6.07, 6.45) is 0. The van der Waals surface area contributed by atoms with Gasteiger partial charge in [0.05, 0.1) is 5.69 Å². The number of carboxylic acid groups (broad SMARTS) is 1. The van der Waals surface area contributed by atoms with Crippen LogP contribution in [0.1, 0.15) is 16.2 Å². The van der Waals surface area contributed by atoms with Gasteiger partial charge in [-0.25, -0.2) is 9.78 Å². The van der Waals surface area contributed by atoms with Gasteiger partial charge in [-0.3, -0.25) is 0 Å². The van der Waals surface area contributed by atoms with E-state index >= 15 is 0 Å². The van der Waals surface area contributed by atoms with Gasteiger partial charge in [-0.2, -0.15) is 0 Å². The molecule has 14 heavy (non-hydrogen) atoms. The van der Waals surface area contributed by atoms with Gasteiger partial charge >= 0.3 is 5.97 Å². The van der Waals surface area contributed by atoms with Crippen LogP contribution < -0.4 is 5.73 Å². The molecular formula is C9H9N3O2. The molecule has 0 amide bonds. The van der Waals surface area contributed by atoms with Crippen molar-refractivity contribution in [2.75, 3.05) is 5.73 Å². The molecule has 2 aromatic heterocycles. The van der Waals surface area contributed by atoms with Crippen LogP contribution in [0.3, 0.4) is 0 Å². The van der Waals surface area contributed by atoms with E-state index in [1.54, 1.807) is 12.1 Å². The summed E-state index contributed by atoms with van der Waals surface area (Å²) in [4.78, 5) is 17.5. The van der Waals surface area contributed by atoms with Crippen LogP contribution in [0.15, 0.2) is 12.1 Å². The summed E-state index contributed by atoms with van der Waals surface area (Å²) >= 11 is 0. The van der Waals surface area contributed by atoms with Crippen molar-refractivity contribution in [3.63, 3.8) is 0 Å². The van der Waals surface area contributed by atoms with Crippen molar-refractivity contribution in [3.05, 3.63) is 23.5 Å². The van der Waals surface area contributed by atoms with Gasteiger partial charge in [0.2, 0.25) is 0 Å². The molecule has 0 aliphatic carbocycles. The van der Waals surface area contributed by atoms with E-state index in [-0.39, 0.29) is 11.4 Å². The van der Waals surface area contributed by atoms with Crippen LogP contribution in [0.25, 0.3) is 11.0 Å². The molecule has 0 aliphatic heterocycles. The third-order valence-electron chi connectivity index (χ3n) is 2.05. The Morgan fingerprint density at radius 2 is 2.29 bits per heavy atom. The van der Waals surface area contributed by atoms with E-state index in [1.807, 2.05) is 6.92 Å². The Morgan fingerprint density at radius 3 is 2.93 bits per heavy atom. The van der Waals surface area contributed by atoms with Gasteiger partial charge < -0.3 is 15.8 Å². The van der Waals surface area contributed by atoms with Crippen molar-refractivity contribution in [2.24, 2.45) is 0 Å². The lowest BCUT2D eigenvalue weighted by Gasteiger charge is -1.92. The minimum atomic E-state index is -1.07. The summed E-state index contributed by atoms with van der Waals surface area (Å²) in [7, 11) is 0. The summed E-state index contributed by atoms with van der Waals surface area (Å²) in [6.45, 7) is 1.83. The summed E-state index contributed by atoms with van der Waals surface area (Å²) in [6, 6.07) is 3.55. The van der Waals surface area contributed by atoms with Crippen molar-refractivity contribution in [2.45, 2.75) is 6.92 Å². The number of hydrogen-bond donors (Lipinski definition) is 3. The van der Waals surface area contributed by atoms with Crippen molar-refractivity contribution < 1.29 is 9.90 Å². The van der Waals surface area contributed by atoms with Crippen LogP contribution in [0, 0.1) is 6.92 Å². The number of carbonyl (C=O) groups is 1. The molecule has 0 aliphatic rings. The Balaban J connectivity index is 2.79. The molecule has 5 heteroatoms. The number of H-pyrrole nitrogens is 1. The number of fused-ring (bicyclic) bond motifs is 1. The Labute approximate surface area is 79.6 Å². The molecule has 0 saturated heterocycles. The number of aryl methyl sites for hydroxylation is 1. The molecule has 0 unspecified atom stereocenters. The molecule has 5 nitrogen and oxygen atoms in total. The quantitative estimate of drug-likeness (QED) is 0.630. The molecule has 0 spiro atoms. The van der Waals surface area contributed by atoms with Gasteiger partial charge in [0.25, 0.3) is 0 Å². The number of anilines is 1. The zero-order valence-electron chi connectivity index (χ0n) is 7.53. The van der Waals surface area contributed by atoms with Crippen LogP contribution in [0.2, 0.25) is 0 Å². The highest BCUT2D eigenvalue weighted by molar-refractivity contribution is 6.03. The number of nitrogens with one attached hydrogen (secondary N) is 1. The monoisotopic (exact) mass is 191 g/mol. The van der Waals surface area contributed by atoms with Crippen molar-refractivity contribution in [1.82, 2.24) is 9.97 Å². The first-order valence-corrected chi connectivity index (χ1v) is 4.07.